The number of aliphatic hydroxyl groups excluding tert-OH is 1. The molecule has 0 saturated carbocycles. The number of hydrogen-bond acceptors (Lipinski definition) is 5. The van der Waals surface area contributed by atoms with Crippen LogP contribution >= 0.6 is 11.5 Å². The van der Waals surface area contributed by atoms with E-state index in [9.17, 15) is 5.11 Å². The molecule has 0 unspecified atom stereocenters. The molecule has 0 aliphatic rings. The lowest BCUT2D eigenvalue weighted by Gasteiger charge is -2.29. The number of aromatic nitrogens is 2. The van der Waals surface area contributed by atoms with Crippen molar-refractivity contribution < 1.29 is 5.11 Å². The van der Waals surface area contributed by atoms with Crippen molar-refractivity contribution in [3.63, 3.8) is 0 Å². The van der Waals surface area contributed by atoms with Crippen LogP contribution in [0.4, 0.5) is 5.00 Å². The van der Waals surface area contributed by atoms with Gasteiger partial charge in [0.05, 0.1) is 12.8 Å². The van der Waals surface area contributed by atoms with Gasteiger partial charge in [0, 0.05) is 23.5 Å². The van der Waals surface area contributed by atoms with E-state index in [4.69, 9.17) is 0 Å². The highest BCUT2D eigenvalue weighted by atomic mass is 32.1. The molecular weight excluding hydrogens is 198 g/mol. The summed E-state index contributed by atoms with van der Waals surface area (Å²) in [7, 11) is 0. The number of anilines is 1. The zero-order chi connectivity index (χ0) is 10.4. The van der Waals surface area contributed by atoms with Crippen LogP contribution in [-0.4, -0.2) is 27.8 Å². The van der Waals surface area contributed by atoms with Crippen LogP contribution in [0.25, 0.3) is 0 Å². The van der Waals surface area contributed by atoms with Crippen LogP contribution < -0.4 is 5.32 Å². The van der Waals surface area contributed by atoms with Gasteiger partial charge in [-0.15, -0.1) is 5.10 Å². The smallest absolute Gasteiger partial charge is 0.130 e. The van der Waals surface area contributed by atoms with Gasteiger partial charge >= 0.3 is 0 Å². The highest BCUT2D eigenvalue weighted by molar-refractivity contribution is 7.09. The van der Waals surface area contributed by atoms with Gasteiger partial charge in [0.2, 0.25) is 0 Å². The quantitative estimate of drug-likeness (QED) is 0.759. The maximum Gasteiger partial charge on any atom is 0.130 e. The normalized spacial score (nSPS) is 11.6. The number of aliphatic hydroxyl groups is 1. The maximum absolute atomic E-state index is 9.34. The van der Waals surface area contributed by atoms with Crippen molar-refractivity contribution in [1.29, 1.82) is 0 Å². The molecule has 14 heavy (non-hydrogen) atoms. The molecule has 0 aliphatic carbocycles. The Balaban J connectivity index is 2.48. The van der Waals surface area contributed by atoms with Gasteiger partial charge in [0.1, 0.15) is 5.00 Å². The molecule has 1 aromatic heterocycles. The Hall–Kier alpha value is -0.680. The number of rotatable bonds is 6. The lowest BCUT2D eigenvalue weighted by molar-refractivity contribution is 0.127. The fourth-order valence-corrected chi connectivity index (χ4v) is 1.71. The van der Waals surface area contributed by atoms with Crippen LogP contribution in [-0.2, 0) is 0 Å². The molecule has 4 nitrogen and oxygen atoms in total. The second-order valence-electron chi connectivity index (χ2n) is 3.50. The van der Waals surface area contributed by atoms with Crippen molar-refractivity contribution in [3.8, 4) is 0 Å². The highest BCUT2D eigenvalue weighted by Crippen LogP contribution is 2.26. The third kappa shape index (κ3) is 2.65. The average Bonchev–Trinajstić information content (AvgIpc) is 2.74. The van der Waals surface area contributed by atoms with Crippen molar-refractivity contribution in [1.82, 2.24) is 9.59 Å². The fourth-order valence-electron chi connectivity index (χ4n) is 1.30. The lowest BCUT2D eigenvalue weighted by atomic mass is 9.83. The Labute approximate surface area is 88.5 Å². The molecule has 1 heterocycles. The lowest BCUT2D eigenvalue weighted by Crippen LogP contribution is -2.32. The van der Waals surface area contributed by atoms with Gasteiger partial charge in [0.15, 0.2) is 0 Å². The first-order chi connectivity index (χ1) is 6.76. The van der Waals surface area contributed by atoms with Gasteiger partial charge in [-0.25, -0.2) is 0 Å². The molecule has 5 heteroatoms. The second-order valence-corrected chi connectivity index (χ2v) is 4.29. The van der Waals surface area contributed by atoms with Gasteiger partial charge in [-0.1, -0.05) is 18.3 Å². The summed E-state index contributed by atoms with van der Waals surface area (Å²) in [5.41, 5.74) is -0.00993. The molecule has 0 spiro atoms. The first kappa shape index (κ1) is 11.4. The predicted octanol–water partition coefficient (Wildman–Crippen LogP) is 1.75. The molecule has 0 atom stereocenters. The molecule has 1 rings (SSSR count). The number of hydrogen-bond donors (Lipinski definition) is 2. The number of nitrogens with one attached hydrogen (secondary N) is 1. The van der Waals surface area contributed by atoms with E-state index < -0.39 is 0 Å². The Morgan fingerprint density at radius 3 is 2.64 bits per heavy atom. The summed E-state index contributed by atoms with van der Waals surface area (Å²) < 4.78 is 3.77. The number of nitrogens with zero attached hydrogens (tertiary/aromatic N) is 2. The first-order valence-corrected chi connectivity index (χ1v) is 5.66. The Morgan fingerprint density at radius 1 is 1.50 bits per heavy atom. The van der Waals surface area contributed by atoms with Crippen LogP contribution in [0.3, 0.4) is 0 Å². The van der Waals surface area contributed by atoms with E-state index in [1.807, 2.05) is 0 Å². The average molecular weight is 215 g/mol. The van der Waals surface area contributed by atoms with E-state index >= 15 is 0 Å². The Kier molecular flexibility index (Phi) is 4.28. The largest absolute Gasteiger partial charge is 0.396 e. The molecule has 0 aromatic carbocycles. The molecule has 0 fully saturated rings. The summed E-state index contributed by atoms with van der Waals surface area (Å²) in [4.78, 5) is 0. The Morgan fingerprint density at radius 2 is 2.21 bits per heavy atom. The summed E-state index contributed by atoms with van der Waals surface area (Å²) >= 11 is 1.34. The Bertz CT molecular complexity index is 238. The summed E-state index contributed by atoms with van der Waals surface area (Å²) in [6.45, 7) is 5.21. The van der Waals surface area contributed by atoms with E-state index in [0.29, 0.717) is 0 Å². The van der Waals surface area contributed by atoms with E-state index in [1.165, 1.54) is 11.5 Å². The van der Waals surface area contributed by atoms with Crippen LogP contribution in [0.2, 0.25) is 0 Å². The van der Waals surface area contributed by atoms with Crippen LogP contribution in [0.5, 0.6) is 0 Å². The van der Waals surface area contributed by atoms with Crippen LogP contribution in [0.15, 0.2) is 6.20 Å². The van der Waals surface area contributed by atoms with Gasteiger partial charge in [-0.2, -0.15) is 0 Å². The minimum Gasteiger partial charge on any atom is -0.396 e. The molecule has 0 bridgehead atoms. The molecule has 0 aliphatic heterocycles. The molecule has 1 aromatic rings. The topological polar surface area (TPSA) is 58.0 Å². The summed E-state index contributed by atoms with van der Waals surface area (Å²) in [6.07, 6.45) is 3.65. The minimum absolute atomic E-state index is 0.00993. The van der Waals surface area contributed by atoms with E-state index in [1.54, 1.807) is 6.20 Å². The third-order valence-corrected chi connectivity index (χ3v) is 3.46. The molecule has 0 radical (unpaired) electrons. The summed E-state index contributed by atoms with van der Waals surface area (Å²) in [5, 5.41) is 17.3. The maximum atomic E-state index is 9.34. The fraction of sp³-hybridized carbons (Fsp3) is 0.778. The molecule has 2 N–H and O–H groups in total. The van der Waals surface area contributed by atoms with Crippen LogP contribution in [0, 0.1) is 5.41 Å². The highest BCUT2D eigenvalue weighted by Gasteiger charge is 2.24. The molecule has 80 valence electrons. The van der Waals surface area contributed by atoms with Crippen molar-refractivity contribution >= 4 is 16.5 Å². The second kappa shape index (κ2) is 5.26. The van der Waals surface area contributed by atoms with Crippen molar-refractivity contribution in [2.45, 2.75) is 26.7 Å². The summed E-state index contributed by atoms with van der Waals surface area (Å²) in [5.74, 6) is 0. The first-order valence-electron chi connectivity index (χ1n) is 4.88. The van der Waals surface area contributed by atoms with Gasteiger partial charge in [-0.05, 0) is 12.8 Å². The van der Waals surface area contributed by atoms with Gasteiger partial charge in [0.25, 0.3) is 0 Å². The van der Waals surface area contributed by atoms with E-state index in [-0.39, 0.29) is 12.0 Å². The minimum atomic E-state index is -0.00993. The van der Waals surface area contributed by atoms with E-state index in [2.05, 4.69) is 28.8 Å². The van der Waals surface area contributed by atoms with Crippen molar-refractivity contribution in [2.75, 3.05) is 18.5 Å². The molecule has 0 saturated heterocycles. The summed E-state index contributed by atoms with van der Waals surface area (Å²) in [6, 6.07) is 0. The van der Waals surface area contributed by atoms with Crippen molar-refractivity contribution in [3.05, 3.63) is 6.20 Å². The standard InChI is InChI=1S/C9H17N3OS/c1-3-9(4-2,7-13)6-10-8-5-11-12-14-8/h5,10,13H,3-4,6-7H2,1-2H3. The van der Waals surface area contributed by atoms with Gasteiger partial charge < -0.3 is 10.4 Å². The molecular formula is C9H17N3OS. The van der Waals surface area contributed by atoms with E-state index in [0.717, 1.165) is 24.4 Å². The zero-order valence-electron chi connectivity index (χ0n) is 8.66. The van der Waals surface area contributed by atoms with Gasteiger partial charge in [-0.3, -0.25) is 0 Å². The monoisotopic (exact) mass is 215 g/mol. The molecule has 0 amide bonds. The third-order valence-electron chi connectivity index (χ3n) is 2.83. The van der Waals surface area contributed by atoms with Crippen molar-refractivity contribution in [2.24, 2.45) is 5.41 Å². The SMILES string of the molecule is CCC(CC)(CO)CNc1cnns1. The van der Waals surface area contributed by atoms with Crippen LogP contribution in [0.1, 0.15) is 26.7 Å². The zero-order valence-corrected chi connectivity index (χ0v) is 9.47. The predicted molar refractivity (Wildman–Crippen MR) is 58.5 cm³/mol.